The average Bonchev–Trinajstić information content (AvgIpc) is 3.22. The van der Waals surface area contributed by atoms with Crippen LogP contribution in [0.5, 0.6) is 0 Å². The molecule has 0 spiro atoms. The maximum Gasteiger partial charge on any atom is 0.224 e. The van der Waals surface area contributed by atoms with Gasteiger partial charge in [0.1, 0.15) is 17.5 Å². The van der Waals surface area contributed by atoms with Crippen molar-refractivity contribution < 1.29 is 4.39 Å². The Morgan fingerprint density at radius 3 is 2.61 bits per heavy atom. The van der Waals surface area contributed by atoms with Crippen LogP contribution in [0.25, 0.3) is 11.3 Å². The third-order valence-corrected chi connectivity index (χ3v) is 6.88. The number of halogens is 2. The van der Waals surface area contributed by atoms with Crippen LogP contribution >= 0.6 is 11.6 Å². The van der Waals surface area contributed by atoms with E-state index in [0.29, 0.717) is 23.9 Å². The first-order chi connectivity index (χ1) is 16.0. The molecule has 0 radical (unpaired) electrons. The molecule has 3 aromatic rings. The van der Waals surface area contributed by atoms with Gasteiger partial charge in [-0.25, -0.2) is 19.3 Å². The smallest absolute Gasteiger partial charge is 0.224 e. The predicted molar refractivity (Wildman–Crippen MR) is 128 cm³/mol. The maximum absolute atomic E-state index is 13.8. The van der Waals surface area contributed by atoms with Crippen LogP contribution in [0.2, 0.25) is 5.28 Å². The monoisotopic (exact) mass is 469 g/mol. The maximum atomic E-state index is 13.8. The van der Waals surface area contributed by atoms with Crippen molar-refractivity contribution in [2.24, 2.45) is 11.7 Å². The second-order valence-corrected chi connectivity index (χ2v) is 9.41. The lowest BCUT2D eigenvalue weighted by Gasteiger charge is -2.34. The lowest BCUT2D eigenvalue weighted by molar-refractivity contribution is 0.299. The highest BCUT2D eigenvalue weighted by atomic mass is 35.5. The number of imidazole rings is 1. The van der Waals surface area contributed by atoms with Crippen LogP contribution in [0.15, 0.2) is 30.5 Å². The van der Waals surface area contributed by atoms with Gasteiger partial charge in [0, 0.05) is 68.9 Å². The summed E-state index contributed by atoms with van der Waals surface area (Å²) in [6.45, 7) is 6.90. The predicted octanol–water partition coefficient (Wildman–Crippen LogP) is 3.50. The van der Waals surface area contributed by atoms with Crippen LogP contribution in [-0.2, 0) is 13.1 Å². The van der Waals surface area contributed by atoms with Crippen molar-refractivity contribution in [2.45, 2.75) is 38.8 Å². The Balaban J connectivity index is 1.37. The number of benzene rings is 1. The van der Waals surface area contributed by atoms with E-state index in [1.165, 1.54) is 6.07 Å². The van der Waals surface area contributed by atoms with Gasteiger partial charge in [0.05, 0.1) is 11.4 Å². The standard InChI is InChI=1S/C24H29ClFN7/c1-15-8-18(2-3-20(15)26)21-14-33(13-16-11-28-12-16)23(30-21)17-4-6-32(7-5-17)22-9-19(10-27)29-24(25)31-22/h2-3,8-9,14,16-17,28H,4-7,10-13,27H2,1H3. The lowest BCUT2D eigenvalue weighted by Crippen LogP contribution is -2.44. The summed E-state index contributed by atoms with van der Waals surface area (Å²) in [7, 11) is 0. The van der Waals surface area contributed by atoms with Crippen LogP contribution in [-0.4, -0.2) is 45.7 Å². The minimum absolute atomic E-state index is 0.186. The van der Waals surface area contributed by atoms with E-state index >= 15 is 0 Å². The van der Waals surface area contributed by atoms with Crippen LogP contribution < -0.4 is 16.0 Å². The SMILES string of the molecule is Cc1cc(-c2cn(CC3CNC3)c(C3CCN(c4cc(CN)nc(Cl)n4)CC3)n2)ccc1F. The molecule has 2 aliphatic rings. The summed E-state index contributed by atoms with van der Waals surface area (Å²) in [4.78, 5) is 15.9. The van der Waals surface area contributed by atoms with Crippen LogP contribution in [0, 0.1) is 18.7 Å². The van der Waals surface area contributed by atoms with Gasteiger partial charge < -0.3 is 20.5 Å². The number of hydrogen-bond acceptors (Lipinski definition) is 6. The fourth-order valence-electron chi connectivity index (χ4n) is 4.69. The molecule has 0 aliphatic carbocycles. The average molecular weight is 470 g/mol. The molecule has 33 heavy (non-hydrogen) atoms. The summed E-state index contributed by atoms with van der Waals surface area (Å²) in [5, 5.41) is 3.59. The summed E-state index contributed by atoms with van der Waals surface area (Å²) in [6.07, 6.45) is 4.09. The molecule has 174 valence electrons. The summed E-state index contributed by atoms with van der Waals surface area (Å²) in [5.74, 6) is 2.76. The summed E-state index contributed by atoms with van der Waals surface area (Å²) >= 11 is 6.10. The third-order valence-electron chi connectivity index (χ3n) is 6.71. The van der Waals surface area contributed by atoms with Crippen LogP contribution in [0.3, 0.4) is 0 Å². The number of hydrogen-bond donors (Lipinski definition) is 2. The Kier molecular flexibility index (Phi) is 6.32. The summed E-state index contributed by atoms with van der Waals surface area (Å²) in [6, 6.07) is 7.15. The quantitative estimate of drug-likeness (QED) is 0.537. The number of nitrogens with two attached hydrogens (primary N) is 1. The Morgan fingerprint density at radius 2 is 1.94 bits per heavy atom. The first kappa shape index (κ1) is 22.3. The lowest BCUT2D eigenvalue weighted by atomic mass is 9.95. The number of rotatable bonds is 6. The molecular weight excluding hydrogens is 441 g/mol. The molecule has 7 nitrogen and oxygen atoms in total. The minimum Gasteiger partial charge on any atom is -0.356 e. The van der Waals surface area contributed by atoms with Gasteiger partial charge in [0.25, 0.3) is 0 Å². The molecule has 3 N–H and O–H groups in total. The van der Waals surface area contributed by atoms with E-state index in [2.05, 4.69) is 30.9 Å². The molecule has 0 atom stereocenters. The first-order valence-corrected chi connectivity index (χ1v) is 11.9. The first-order valence-electron chi connectivity index (χ1n) is 11.5. The van der Waals surface area contributed by atoms with Gasteiger partial charge in [-0.3, -0.25) is 0 Å². The molecular formula is C24H29ClFN7. The van der Waals surface area contributed by atoms with Gasteiger partial charge >= 0.3 is 0 Å². The zero-order valence-corrected chi connectivity index (χ0v) is 19.5. The number of aryl methyl sites for hydroxylation is 1. The molecule has 4 heterocycles. The van der Waals surface area contributed by atoms with Gasteiger partial charge in [0.2, 0.25) is 5.28 Å². The van der Waals surface area contributed by atoms with E-state index in [9.17, 15) is 4.39 Å². The normalized spacial score (nSPS) is 17.4. The third kappa shape index (κ3) is 4.74. The Hall–Kier alpha value is -2.55. The highest BCUT2D eigenvalue weighted by Crippen LogP contribution is 2.33. The van der Waals surface area contributed by atoms with Crippen molar-refractivity contribution in [1.82, 2.24) is 24.8 Å². The fraction of sp³-hybridized carbons (Fsp3) is 0.458. The highest BCUT2D eigenvalue weighted by molar-refractivity contribution is 6.28. The number of aromatic nitrogens is 4. The van der Waals surface area contributed by atoms with Gasteiger partial charge in [-0.05, 0) is 55.1 Å². The molecule has 9 heteroatoms. The van der Waals surface area contributed by atoms with E-state index < -0.39 is 0 Å². The van der Waals surface area contributed by atoms with Gasteiger partial charge in [-0.1, -0.05) is 0 Å². The molecule has 2 aromatic heterocycles. The van der Waals surface area contributed by atoms with E-state index in [-0.39, 0.29) is 11.1 Å². The second kappa shape index (κ2) is 9.37. The minimum atomic E-state index is -0.186. The molecule has 2 aliphatic heterocycles. The molecule has 1 aromatic carbocycles. The van der Waals surface area contributed by atoms with Crippen LogP contribution in [0.4, 0.5) is 10.2 Å². The topological polar surface area (TPSA) is 84.9 Å². The summed E-state index contributed by atoms with van der Waals surface area (Å²) in [5.41, 5.74) is 9.01. The van der Waals surface area contributed by atoms with Crippen molar-refractivity contribution in [3.8, 4) is 11.3 Å². The zero-order chi connectivity index (χ0) is 22.9. The summed E-state index contributed by atoms with van der Waals surface area (Å²) < 4.78 is 16.1. The molecule has 0 unspecified atom stereocenters. The Morgan fingerprint density at radius 1 is 1.15 bits per heavy atom. The van der Waals surface area contributed by atoms with E-state index in [0.717, 1.165) is 74.2 Å². The second-order valence-electron chi connectivity index (χ2n) is 9.08. The van der Waals surface area contributed by atoms with Gasteiger partial charge in [-0.15, -0.1) is 0 Å². The Labute approximate surface area is 198 Å². The van der Waals surface area contributed by atoms with Crippen molar-refractivity contribution in [3.05, 3.63) is 58.6 Å². The fourth-order valence-corrected chi connectivity index (χ4v) is 4.88. The van der Waals surface area contributed by atoms with Crippen molar-refractivity contribution in [3.63, 3.8) is 0 Å². The Bertz CT molecular complexity index is 1140. The largest absolute Gasteiger partial charge is 0.356 e. The van der Waals surface area contributed by atoms with Crippen molar-refractivity contribution >= 4 is 17.4 Å². The number of nitrogens with zero attached hydrogens (tertiary/aromatic N) is 5. The molecule has 2 saturated heterocycles. The highest BCUT2D eigenvalue weighted by Gasteiger charge is 2.28. The number of nitrogens with one attached hydrogen (secondary N) is 1. The number of piperidine rings is 1. The van der Waals surface area contributed by atoms with E-state index in [4.69, 9.17) is 22.3 Å². The van der Waals surface area contributed by atoms with Gasteiger partial charge in [-0.2, -0.15) is 0 Å². The molecule has 0 saturated carbocycles. The van der Waals surface area contributed by atoms with Crippen molar-refractivity contribution in [1.29, 1.82) is 0 Å². The molecule has 0 amide bonds. The molecule has 2 fully saturated rings. The molecule has 0 bridgehead atoms. The van der Waals surface area contributed by atoms with E-state index in [1.807, 2.05) is 18.2 Å². The van der Waals surface area contributed by atoms with Gasteiger partial charge in [0.15, 0.2) is 0 Å². The van der Waals surface area contributed by atoms with E-state index in [1.54, 1.807) is 6.92 Å². The number of anilines is 1. The zero-order valence-electron chi connectivity index (χ0n) is 18.8. The van der Waals surface area contributed by atoms with Crippen LogP contribution in [0.1, 0.15) is 35.8 Å². The molecule has 5 rings (SSSR count). The van der Waals surface area contributed by atoms with Crippen molar-refractivity contribution in [2.75, 3.05) is 31.1 Å².